The third-order valence-corrected chi connectivity index (χ3v) is 7.18. The maximum Gasteiger partial charge on any atom is 0.269 e. The molecular weight excluding hydrogens is 496 g/mol. The zero-order chi connectivity index (χ0) is 27.2. The number of nitro benzene ring substituents is 1. The van der Waals surface area contributed by atoms with Gasteiger partial charge in [-0.05, 0) is 80.4 Å². The number of aryl methyl sites for hydroxylation is 1. The van der Waals surface area contributed by atoms with Crippen LogP contribution in [-0.2, 0) is 4.79 Å². The fraction of sp³-hybridized carbons (Fsp3) is 0.133. The summed E-state index contributed by atoms with van der Waals surface area (Å²) in [7, 11) is 0. The number of carbonyl (C=O) groups excluding carboxylic acids is 1. The molecule has 1 amide bonds. The molecule has 8 heteroatoms. The van der Waals surface area contributed by atoms with E-state index in [-0.39, 0.29) is 17.3 Å². The van der Waals surface area contributed by atoms with Gasteiger partial charge in [0, 0.05) is 39.0 Å². The zero-order valence-electron chi connectivity index (χ0n) is 21.2. The fourth-order valence-electron chi connectivity index (χ4n) is 4.17. The standard InChI is InChI=1S/C30H26N4O3S/c1-20-17-24(18-25(19-31)30(35)32-21(2)23-7-5-4-6-8-23)22(3)33(20)26-9-13-28(14-10-26)38-29-15-11-27(12-16-29)34(36)37/h4-18,21H,1-3H3,(H,32,35)/b25-18-/t21-/m0/s1. The Labute approximate surface area is 225 Å². The first-order valence-electron chi connectivity index (χ1n) is 12.0. The highest BCUT2D eigenvalue weighted by molar-refractivity contribution is 7.99. The molecule has 4 aromatic rings. The summed E-state index contributed by atoms with van der Waals surface area (Å²) < 4.78 is 2.08. The molecule has 0 radical (unpaired) electrons. The van der Waals surface area contributed by atoms with Crippen molar-refractivity contribution in [2.45, 2.75) is 36.6 Å². The lowest BCUT2D eigenvalue weighted by Gasteiger charge is -2.14. The quantitative estimate of drug-likeness (QED) is 0.117. The molecule has 0 fully saturated rings. The van der Waals surface area contributed by atoms with E-state index in [9.17, 15) is 20.2 Å². The first-order chi connectivity index (χ1) is 18.3. The van der Waals surface area contributed by atoms with E-state index in [1.54, 1.807) is 18.2 Å². The molecule has 1 aromatic heterocycles. The number of nitrogens with zero attached hydrogens (tertiary/aromatic N) is 3. The summed E-state index contributed by atoms with van der Waals surface area (Å²) >= 11 is 1.52. The largest absolute Gasteiger partial charge is 0.345 e. The Kier molecular flexibility index (Phi) is 8.09. The van der Waals surface area contributed by atoms with E-state index in [0.717, 1.165) is 38.0 Å². The van der Waals surface area contributed by atoms with Crippen LogP contribution in [0.15, 0.2) is 100 Å². The number of aromatic nitrogens is 1. The number of carbonyl (C=O) groups is 1. The van der Waals surface area contributed by atoms with E-state index in [4.69, 9.17) is 0 Å². The van der Waals surface area contributed by atoms with E-state index in [0.29, 0.717) is 0 Å². The van der Waals surface area contributed by atoms with Crippen LogP contribution in [0, 0.1) is 35.3 Å². The van der Waals surface area contributed by atoms with Crippen LogP contribution < -0.4 is 5.32 Å². The van der Waals surface area contributed by atoms with Crippen LogP contribution in [0.3, 0.4) is 0 Å². The molecule has 0 unspecified atom stereocenters. The molecule has 0 saturated carbocycles. The van der Waals surface area contributed by atoms with Gasteiger partial charge in [-0.1, -0.05) is 42.1 Å². The molecule has 0 saturated heterocycles. The number of hydrogen-bond donors (Lipinski definition) is 1. The van der Waals surface area contributed by atoms with Gasteiger partial charge in [0.05, 0.1) is 11.0 Å². The van der Waals surface area contributed by atoms with Crippen LogP contribution in [0.4, 0.5) is 5.69 Å². The minimum atomic E-state index is -0.415. The van der Waals surface area contributed by atoms with Crippen molar-refractivity contribution in [3.63, 3.8) is 0 Å². The molecule has 38 heavy (non-hydrogen) atoms. The minimum absolute atomic E-state index is 0.0443. The molecule has 0 aliphatic carbocycles. The lowest BCUT2D eigenvalue weighted by molar-refractivity contribution is -0.384. The van der Waals surface area contributed by atoms with Crippen molar-refractivity contribution in [2.24, 2.45) is 0 Å². The molecule has 190 valence electrons. The Morgan fingerprint density at radius 3 is 2.21 bits per heavy atom. The lowest BCUT2D eigenvalue weighted by Crippen LogP contribution is -2.27. The van der Waals surface area contributed by atoms with Crippen molar-refractivity contribution >= 4 is 29.4 Å². The first kappa shape index (κ1) is 26.5. The highest BCUT2D eigenvalue weighted by Crippen LogP contribution is 2.31. The number of nitriles is 1. The Morgan fingerprint density at radius 1 is 1.03 bits per heavy atom. The van der Waals surface area contributed by atoms with Gasteiger partial charge in [0.15, 0.2) is 0 Å². The number of rotatable bonds is 8. The van der Waals surface area contributed by atoms with Crippen LogP contribution in [0.5, 0.6) is 0 Å². The van der Waals surface area contributed by atoms with Crippen molar-refractivity contribution in [2.75, 3.05) is 0 Å². The molecule has 4 rings (SSSR count). The topological polar surface area (TPSA) is 101 Å². The molecule has 0 bridgehead atoms. The van der Waals surface area contributed by atoms with Crippen LogP contribution >= 0.6 is 11.8 Å². The summed E-state index contributed by atoms with van der Waals surface area (Å²) in [6.07, 6.45) is 1.63. The first-order valence-corrected chi connectivity index (χ1v) is 12.8. The number of nitrogens with one attached hydrogen (secondary N) is 1. The lowest BCUT2D eigenvalue weighted by atomic mass is 10.1. The Morgan fingerprint density at radius 2 is 1.63 bits per heavy atom. The normalized spacial score (nSPS) is 12.0. The van der Waals surface area contributed by atoms with Crippen molar-refractivity contribution in [1.82, 2.24) is 9.88 Å². The van der Waals surface area contributed by atoms with E-state index in [1.165, 1.54) is 23.9 Å². The van der Waals surface area contributed by atoms with Crippen LogP contribution in [-0.4, -0.2) is 15.4 Å². The average Bonchev–Trinajstić information content (AvgIpc) is 3.20. The number of amides is 1. The molecule has 3 aromatic carbocycles. The average molecular weight is 523 g/mol. The smallest absolute Gasteiger partial charge is 0.269 e. The SMILES string of the molecule is Cc1cc(/C=C(/C#N)C(=O)N[C@@H](C)c2ccccc2)c(C)n1-c1ccc(Sc2ccc([N+](=O)[O-])cc2)cc1. The van der Waals surface area contributed by atoms with Gasteiger partial charge in [-0.15, -0.1) is 0 Å². The van der Waals surface area contributed by atoms with Crippen molar-refractivity contribution in [1.29, 1.82) is 5.26 Å². The highest BCUT2D eigenvalue weighted by Gasteiger charge is 2.16. The van der Waals surface area contributed by atoms with Gasteiger partial charge in [-0.2, -0.15) is 5.26 Å². The van der Waals surface area contributed by atoms with Gasteiger partial charge >= 0.3 is 0 Å². The van der Waals surface area contributed by atoms with Gasteiger partial charge < -0.3 is 9.88 Å². The van der Waals surface area contributed by atoms with Gasteiger partial charge in [-0.3, -0.25) is 14.9 Å². The Bertz CT molecular complexity index is 1530. The predicted octanol–water partition coefficient (Wildman–Crippen LogP) is 6.94. The minimum Gasteiger partial charge on any atom is -0.345 e. The maximum atomic E-state index is 12.8. The van der Waals surface area contributed by atoms with Crippen LogP contribution in [0.1, 0.15) is 35.5 Å². The van der Waals surface area contributed by atoms with Gasteiger partial charge in [0.2, 0.25) is 0 Å². The number of benzene rings is 3. The van der Waals surface area contributed by atoms with Gasteiger partial charge in [0.25, 0.3) is 11.6 Å². The van der Waals surface area contributed by atoms with E-state index >= 15 is 0 Å². The second kappa shape index (κ2) is 11.6. The van der Waals surface area contributed by atoms with Crippen LogP contribution in [0.2, 0.25) is 0 Å². The van der Waals surface area contributed by atoms with Gasteiger partial charge in [-0.25, -0.2) is 0 Å². The second-order valence-corrected chi connectivity index (χ2v) is 9.93. The summed E-state index contributed by atoms with van der Waals surface area (Å²) in [4.78, 5) is 25.2. The molecular formula is C30H26N4O3S. The molecule has 1 N–H and O–H groups in total. The molecule has 0 aliphatic heterocycles. The molecule has 7 nitrogen and oxygen atoms in total. The fourth-order valence-corrected chi connectivity index (χ4v) is 4.99. The maximum absolute atomic E-state index is 12.8. The Balaban J connectivity index is 1.51. The van der Waals surface area contributed by atoms with Crippen molar-refractivity contribution < 1.29 is 9.72 Å². The third kappa shape index (κ3) is 6.02. The summed E-state index contributed by atoms with van der Waals surface area (Å²) in [6.45, 7) is 5.82. The molecule has 1 atom stereocenters. The van der Waals surface area contributed by atoms with Gasteiger partial charge in [0.1, 0.15) is 11.6 Å². The summed E-state index contributed by atoms with van der Waals surface area (Å²) in [5.74, 6) is -0.415. The summed E-state index contributed by atoms with van der Waals surface area (Å²) in [6, 6.07) is 27.8. The summed E-state index contributed by atoms with van der Waals surface area (Å²) in [5, 5.41) is 23.5. The Hall–Kier alpha value is -4.61. The van der Waals surface area contributed by atoms with Crippen molar-refractivity contribution in [3.8, 4) is 11.8 Å². The monoisotopic (exact) mass is 522 g/mol. The number of nitro groups is 1. The van der Waals surface area contributed by atoms with Crippen molar-refractivity contribution in [3.05, 3.63) is 123 Å². The second-order valence-electron chi connectivity index (χ2n) is 8.78. The highest BCUT2D eigenvalue weighted by atomic mass is 32.2. The molecule has 0 spiro atoms. The van der Waals surface area contributed by atoms with E-state index in [2.05, 4.69) is 9.88 Å². The predicted molar refractivity (Wildman–Crippen MR) is 149 cm³/mol. The zero-order valence-corrected chi connectivity index (χ0v) is 22.0. The summed E-state index contributed by atoms with van der Waals surface area (Å²) in [5.41, 5.74) is 4.71. The van der Waals surface area contributed by atoms with E-state index in [1.807, 2.05) is 87.5 Å². The third-order valence-electron chi connectivity index (χ3n) is 6.16. The number of hydrogen-bond acceptors (Lipinski definition) is 5. The van der Waals surface area contributed by atoms with E-state index < -0.39 is 10.8 Å². The van der Waals surface area contributed by atoms with Crippen LogP contribution in [0.25, 0.3) is 11.8 Å². The number of non-ortho nitro benzene ring substituents is 1. The molecule has 1 heterocycles. The molecule has 0 aliphatic rings.